The number of likely N-dealkylation sites (N-methyl/N-ethyl adjacent to an activating group) is 1. The van der Waals surface area contributed by atoms with Crippen molar-refractivity contribution in [2.24, 2.45) is 5.92 Å². The number of halogens is 2. The van der Waals surface area contributed by atoms with E-state index in [2.05, 4.69) is 54.4 Å². The summed E-state index contributed by atoms with van der Waals surface area (Å²) in [5.74, 6) is 1.23. The molecule has 2 atom stereocenters. The van der Waals surface area contributed by atoms with E-state index in [1.165, 1.54) is 36.0 Å². The first-order valence-corrected chi connectivity index (χ1v) is 9.78. The zero-order chi connectivity index (χ0) is 17.2. The number of benzene rings is 2. The molecule has 0 aromatic heterocycles. The van der Waals surface area contributed by atoms with Gasteiger partial charge in [-0.3, -0.25) is 4.90 Å². The SMILES string of the molecule is CN([C@H]1C=C[C@@H](c2ccc(Cl)c(Cl)c2)c2ccccc21)C12CC(C1)C2. The first kappa shape index (κ1) is 15.9. The quantitative estimate of drug-likeness (QED) is 0.580. The average molecular weight is 370 g/mol. The second kappa shape index (κ2) is 5.61. The van der Waals surface area contributed by atoms with Gasteiger partial charge in [-0.05, 0) is 61.1 Å². The molecule has 1 nitrogen and oxygen atoms in total. The van der Waals surface area contributed by atoms with Gasteiger partial charge in [-0.2, -0.15) is 0 Å². The molecule has 25 heavy (non-hydrogen) atoms. The number of hydrogen-bond donors (Lipinski definition) is 0. The van der Waals surface area contributed by atoms with E-state index in [9.17, 15) is 0 Å². The van der Waals surface area contributed by atoms with Gasteiger partial charge in [0.1, 0.15) is 0 Å². The fourth-order valence-corrected chi connectivity index (χ4v) is 5.29. The van der Waals surface area contributed by atoms with Crippen LogP contribution < -0.4 is 0 Å². The Morgan fingerprint density at radius 3 is 2.28 bits per heavy atom. The van der Waals surface area contributed by atoms with Crippen LogP contribution in [-0.4, -0.2) is 17.5 Å². The third kappa shape index (κ3) is 2.33. The standard InChI is InChI=1S/C22H21Cl2N/c1-25(22-11-14(12-22)13-22)21-9-7-16(17-4-2-3-5-18(17)21)15-6-8-19(23)20(24)10-15/h2-10,14,16,21H,11-13H2,1H3/t14?,16-,21-,22?/m0/s1. The van der Waals surface area contributed by atoms with E-state index < -0.39 is 0 Å². The van der Waals surface area contributed by atoms with Gasteiger partial charge in [0.15, 0.2) is 0 Å². The lowest BCUT2D eigenvalue weighted by Crippen LogP contribution is -2.67. The minimum Gasteiger partial charge on any atom is -0.290 e. The number of rotatable bonds is 3. The Bertz CT molecular complexity index is 855. The van der Waals surface area contributed by atoms with Crippen molar-refractivity contribution in [2.45, 2.75) is 36.8 Å². The second-order valence-corrected chi connectivity index (χ2v) is 8.74. The van der Waals surface area contributed by atoms with Gasteiger partial charge >= 0.3 is 0 Å². The number of fused-ring (bicyclic) bond motifs is 1. The van der Waals surface area contributed by atoms with Crippen molar-refractivity contribution in [3.8, 4) is 0 Å². The van der Waals surface area contributed by atoms with Crippen LogP contribution in [0.4, 0.5) is 0 Å². The van der Waals surface area contributed by atoms with E-state index in [1.807, 2.05) is 12.1 Å². The van der Waals surface area contributed by atoms with Crippen LogP contribution in [0.5, 0.6) is 0 Å². The van der Waals surface area contributed by atoms with Crippen LogP contribution in [0.15, 0.2) is 54.6 Å². The molecule has 0 heterocycles. The molecule has 2 aromatic carbocycles. The van der Waals surface area contributed by atoms with E-state index >= 15 is 0 Å². The molecule has 2 bridgehead atoms. The van der Waals surface area contributed by atoms with Gasteiger partial charge in [0.25, 0.3) is 0 Å². The molecule has 0 N–H and O–H groups in total. The molecule has 4 aliphatic rings. The molecule has 2 aromatic rings. The monoisotopic (exact) mass is 369 g/mol. The van der Waals surface area contributed by atoms with E-state index in [4.69, 9.17) is 23.2 Å². The highest BCUT2D eigenvalue weighted by atomic mass is 35.5. The first-order valence-electron chi connectivity index (χ1n) is 9.02. The van der Waals surface area contributed by atoms with Gasteiger partial charge in [0.2, 0.25) is 0 Å². The van der Waals surface area contributed by atoms with Gasteiger partial charge in [0.05, 0.1) is 16.1 Å². The summed E-state index contributed by atoms with van der Waals surface area (Å²) in [5.41, 5.74) is 4.47. The topological polar surface area (TPSA) is 3.24 Å². The lowest BCUT2D eigenvalue weighted by atomic mass is 9.49. The maximum absolute atomic E-state index is 6.27. The number of allylic oxidation sites excluding steroid dienone is 1. The van der Waals surface area contributed by atoms with Gasteiger partial charge in [-0.25, -0.2) is 0 Å². The van der Waals surface area contributed by atoms with Gasteiger partial charge < -0.3 is 0 Å². The van der Waals surface area contributed by atoms with Crippen molar-refractivity contribution in [3.05, 3.63) is 81.4 Å². The van der Waals surface area contributed by atoms with E-state index in [0.717, 1.165) is 5.92 Å². The maximum Gasteiger partial charge on any atom is 0.0595 e. The lowest BCUT2D eigenvalue weighted by Gasteiger charge is -2.67. The third-order valence-corrected chi connectivity index (χ3v) is 7.35. The van der Waals surface area contributed by atoms with Gasteiger partial charge in [-0.15, -0.1) is 0 Å². The Morgan fingerprint density at radius 1 is 0.920 bits per heavy atom. The van der Waals surface area contributed by atoms with Crippen LogP contribution in [0.2, 0.25) is 10.0 Å². The first-order chi connectivity index (χ1) is 12.1. The van der Waals surface area contributed by atoms with E-state index in [-0.39, 0.29) is 5.92 Å². The molecule has 3 saturated carbocycles. The molecular formula is C22H21Cl2N. The summed E-state index contributed by atoms with van der Waals surface area (Å²) in [4.78, 5) is 2.62. The molecule has 0 radical (unpaired) electrons. The fourth-order valence-electron chi connectivity index (χ4n) is 4.98. The third-order valence-electron chi connectivity index (χ3n) is 6.61. The van der Waals surface area contributed by atoms with Crippen LogP contribution in [0, 0.1) is 5.92 Å². The van der Waals surface area contributed by atoms with Crippen LogP contribution in [0.1, 0.15) is 47.9 Å². The van der Waals surface area contributed by atoms with Crippen LogP contribution >= 0.6 is 23.2 Å². The highest BCUT2D eigenvalue weighted by molar-refractivity contribution is 6.42. The van der Waals surface area contributed by atoms with E-state index in [1.54, 1.807) is 0 Å². The zero-order valence-electron chi connectivity index (χ0n) is 14.3. The average Bonchev–Trinajstić information content (AvgIpc) is 2.53. The van der Waals surface area contributed by atoms with Crippen molar-refractivity contribution in [1.29, 1.82) is 0 Å². The van der Waals surface area contributed by atoms with Crippen LogP contribution in [0.3, 0.4) is 0 Å². The Morgan fingerprint density at radius 2 is 1.64 bits per heavy atom. The fraction of sp³-hybridized carbons (Fsp3) is 0.364. The summed E-state index contributed by atoms with van der Waals surface area (Å²) < 4.78 is 0. The van der Waals surface area contributed by atoms with Crippen molar-refractivity contribution < 1.29 is 0 Å². The molecule has 0 amide bonds. The molecule has 0 spiro atoms. The van der Waals surface area contributed by atoms with Gasteiger partial charge in [-0.1, -0.05) is 65.7 Å². The van der Waals surface area contributed by atoms with Crippen LogP contribution in [-0.2, 0) is 0 Å². The molecule has 3 fully saturated rings. The highest BCUT2D eigenvalue weighted by Crippen LogP contribution is 2.62. The Hall–Kier alpha value is -1.28. The lowest BCUT2D eigenvalue weighted by molar-refractivity contribution is -0.144. The molecular weight excluding hydrogens is 349 g/mol. The highest BCUT2D eigenvalue weighted by Gasteiger charge is 2.60. The normalized spacial score (nSPS) is 32.1. The smallest absolute Gasteiger partial charge is 0.0595 e. The largest absolute Gasteiger partial charge is 0.290 e. The summed E-state index contributed by atoms with van der Waals surface area (Å²) in [7, 11) is 2.31. The van der Waals surface area contributed by atoms with Crippen LogP contribution in [0.25, 0.3) is 0 Å². The van der Waals surface area contributed by atoms with Crippen molar-refractivity contribution in [3.63, 3.8) is 0 Å². The van der Waals surface area contributed by atoms with Gasteiger partial charge in [0, 0.05) is 11.5 Å². The second-order valence-electron chi connectivity index (χ2n) is 7.92. The Labute approximate surface area is 159 Å². The predicted molar refractivity (Wildman–Crippen MR) is 104 cm³/mol. The minimum atomic E-state index is 0.239. The molecule has 128 valence electrons. The molecule has 4 aliphatic carbocycles. The summed E-state index contributed by atoms with van der Waals surface area (Å²) >= 11 is 12.4. The predicted octanol–water partition coefficient (Wildman–Crippen LogP) is 6.22. The van der Waals surface area contributed by atoms with E-state index in [0.29, 0.717) is 21.6 Å². The van der Waals surface area contributed by atoms with Crippen molar-refractivity contribution in [2.75, 3.05) is 7.05 Å². The van der Waals surface area contributed by atoms with Crippen molar-refractivity contribution >= 4 is 23.2 Å². The molecule has 6 rings (SSSR count). The minimum absolute atomic E-state index is 0.239. The molecule has 0 unspecified atom stereocenters. The zero-order valence-corrected chi connectivity index (χ0v) is 15.8. The number of hydrogen-bond acceptors (Lipinski definition) is 1. The molecule has 0 saturated heterocycles. The molecule has 0 aliphatic heterocycles. The Balaban J connectivity index is 1.54. The molecule has 3 heteroatoms. The summed E-state index contributed by atoms with van der Waals surface area (Å²) in [5, 5.41) is 1.23. The Kier molecular flexibility index (Phi) is 3.57. The maximum atomic E-state index is 6.27. The summed E-state index contributed by atoms with van der Waals surface area (Å²) in [6.07, 6.45) is 8.87. The number of nitrogens with zero attached hydrogens (tertiary/aromatic N) is 1. The summed E-state index contributed by atoms with van der Waals surface area (Å²) in [6.45, 7) is 0. The van der Waals surface area contributed by atoms with Crippen molar-refractivity contribution in [1.82, 2.24) is 4.90 Å². The summed E-state index contributed by atoms with van der Waals surface area (Å²) in [6, 6.07) is 15.2.